The van der Waals surface area contributed by atoms with Gasteiger partial charge in [0, 0.05) is 21.5 Å². The van der Waals surface area contributed by atoms with E-state index >= 15 is 0 Å². The van der Waals surface area contributed by atoms with E-state index in [-0.39, 0.29) is 5.56 Å². The van der Waals surface area contributed by atoms with Gasteiger partial charge in [0.25, 0.3) is 0 Å². The number of para-hydroxylation sites is 1. The van der Waals surface area contributed by atoms with Crippen LogP contribution in [0.15, 0.2) is 59.5 Å². The van der Waals surface area contributed by atoms with Gasteiger partial charge in [0.05, 0.1) is 11.5 Å². The van der Waals surface area contributed by atoms with Gasteiger partial charge in [0.15, 0.2) is 0 Å². The third kappa shape index (κ3) is 2.89. The van der Waals surface area contributed by atoms with Gasteiger partial charge in [0.1, 0.15) is 5.82 Å². The SMILES string of the molecule is CSc1cccc(Nc2cc(C(=O)[O-])c3ccccc3n2)c1. The maximum Gasteiger partial charge on any atom is 0.131 e. The van der Waals surface area contributed by atoms with Crippen LogP contribution < -0.4 is 10.4 Å². The number of fused-ring (bicyclic) bond motifs is 1. The molecule has 0 fully saturated rings. The maximum atomic E-state index is 11.4. The molecule has 0 unspecified atom stereocenters. The first-order valence-electron chi connectivity index (χ1n) is 6.69. The lowest BCUT2D eigenvalue weighted by molar-refractivity contribution is -0.254. The fourth-order valence-corrected chi connectivity index (χ4v) is 2.72. The van der Waals surface area contributed by atoms with E-state index in [4.69, 9.17) is 0 Å². The number of nitrogens with zero attached hydrogens (tertiary/aromatic N) is 1. The normalized spacial score (nSPS) is 10.6. The minimum Gasteiger partial charge on any atom is -0.545 e. The Hall–Kier alpha value is -2.53. The first kappa shape index (κ1) is 14.4. The van der Waals surface area contributed by atoms with Crippen LogP contribution in [-0.2, 0) is 0 Å². The van der Waals surface area contributed by atoms with Crippen LogP contribution in [0.2, 0.25) is 0 Å². The number of aromatic nitrogens is 1. The summed E-state index contributed by atoms with van der Waals surface area (Å²) in [7, 11) is 0. The second-order valence-electron chi connectivity index (χ2n) is 4.72. The second kappa shape index (κ2) is 6.07. The summed E-state index contributed by atoms with van der Waals surface area (Å²) in [5.41, 5.74) is 1.61. The number of benzene rings is 2. The molecule has 0 aliphatic carbocycles. The van der Waals surface area contributed by atoms with Crippen molar-refractivity contribution in [3.8, 4) is 0 Å². The predicted octanol–water partition coefficient (Wildman–Crippen LogP) is 3.06. The number of thioether (sulfide) groups is 1. The number of hydrogen-bond donors (Lipinski definition) is 1. The van der Waals surface area contributed by atoms with Crippen molar-refractivity contribution in [2.24, 2.45) is 0 Å². The molecule has 1 aromatic heterocycles. The molecule has 3 rings (SSSR count). The van der Waals surface area contributed by atoms with Crippen molar-refractivity contribution in [3.63, 3.8) is 0 Å². The standard InChI is InChI=1S/C17H14N2O2S/c1-22-12-6-4-5-11(9-12)18-16-10-14(17(20)21)13-7-2-3-8-15(13)19-16/h2-10H,1H3,(H,18,19)(H,20,21)/p-1. The summed E-state index contributed by atoms with van der Waals surface area (Å²) in [5, 5.41) is 15.1. The summed E-state index contributed by atoms with van der Waals surface area (Å²) in [5.74, 6) is -0.726. The first-order chi connectivity index (χ1) is 10.7. The quantitative estimate of drug-likeness (QED) is 0.750. The van der Waals surface area contributed by atoms with Gasteiger partial charge in [-0.1, -0.05) is 24.3 Å². The monoisotopic (exact) mass is 309 g/mol. The highest BCUT2D eigenvalue weighted by atomic mass is 32.2. The number of nitrogens with one attached hydrogen (secondary N) is 1. The summed E-state index contributed by atoms with van der Waals surface area (Å²) >= 11 is 1.64. The van der Waals surface area contributed by atoms with Crippen molar-refractivity contribution in [2.45, 2.75) is 4.90 Å². The molecule has 0 radical (unpaired) electrons. The highest BCUT2D eigenvalue weighted by Gasteiger charge is 2.07. The molecule has 0 bridgehead atoms. The van der Waals surface area contributed by atoms with Crippen LogP contribution in [0.25, 0.3) is 10.9 Å². The molecule has 0 atom stereocenters. The zero-order valence-electron chi connectivity index (χ0n) is 11.9. The molecule has 0 saturated carbocycles. The van der Waals surface area contributed by atoms with E-state index < -0.39 is 5.97 Å². The molecule has 3 aromatic rings. The van der Waals surface area contributed by atoms with Crippen LogP contribution in [0.5, 0.6) is 0 Å². The molecule has 110 valence electrons. The summed E-state index contributed by atoms with van der Waals surface area (Å²) in [4.78, 5) is 16.9. The van der Waals surface area contributed by atoms with Crippen molar-refractivity contribution in [3.05, 3.63) is 60.2 Å². The van der Waals surface area contributed by atoms with Crippen LogP contribution in [0.3, 0.4) is 0 Å². The van der Waals surface area contributed by atoms with Crippen molar-refractivity contribution >= 4 is 40.1 Å². The van der Waals surface area contributed by atoms with Crippen molar-refractivity contribution < 1.29 is 9.90 Å². The molecule has 0 aliphatic rings. The summed E-state index contributed by atoms with van der Waals surface area (Å²) in [6.45, 7) is 0. The van der Waals surface area contributed by atoms with Gasteiger partial charge in [-0.25, -0.2) is 4.98 Å². The number of rotatable bonds is 4. The Bertz CT molecular complexity index is 849. The van der Waals surface area contributed by atoms with Crippen LogP contribution in [0.4, 0.5) is 11.5 Å². The average molecular weight is 309 g/mol. The van der Waals surface area contributed by atoms with Gasteiger partial charge in [-0.05, 0) is 36.6 Å². The van der Waals surface area contributed by atoms with E-state index in [2.05, 4.69) is 10.3 Å². The van der Waals surface area contributed by atoms with Gasteiger partial charge in [-0.3, -0.25) is 0 Å². The van der Waals surface area contributed by atoms with Crippen molar-refractivity contribution in [2.75, 3.05) is 11.6 Å². The van der Waals surface area contributed by atoms with E-state index in [9.17, 15) is 9.90 Å². The summed E-state index contributed by atoms with van der Waals surface area (Å²) in [6, 6.07) is 16.5. The van der Waals surface area contributed by atoms with Crippen LogP contribution >= 0.6 is 11.8 Å². The van der Waals surface area contributed by atoms with E-state index in [1.807, 2.05) is 36.6 Å². The molecular formula is C17H13N2O2S-. The fourth-order valence-electron chi connectivity index (χ4n) is 2.26. The van der Waals surface area contributed by atoms with Gasteiger partial charge >= 0.3 is 0 Å². The van der Waals surface area contributed by atoms with E-state index in [0.29, 0.717) is 16.7 Å². The largest absolute Gasteiger partial charge is 0.545 e. The molecule has 1 N–H and O–H groups in total. The Labute approximate surface area is 132 Å². The smallest absolute Gasteiger partial charge is 0.131 e. The van der Waals surface area contributed by atoms with Crippen molar-refractivity contribution in [1.29, 1.82) is 0 Å². The van der Waals surface area contributed by atoms with Crippen LogP contribution in [0, 0.1) is 0 Å². The topological polar surface area (TPSA) is 65.0 Å². The van der Waals surface area contributed by atoms with Gasteiger partial charge < -0.3 is 15.2 Å². The molecule has 0 amide bonds. The lowest BCUT2D eigenvalue weighted by Crippen LogP contribution is -2.22. The minimum atomic E-state index is -1.21. The van der Waals surface area contributed by atoms with Crippen LogP contribution in [0.1, 0.15) is 10.4 Å². The first-order valence-corrected chi connectivity index (χ1v) is 7.92. The van der Waals surface area contributed by atoms with E-state index in [1.54, 1.807) is 30.0 Å². The Morgan fingerprint density at radius 2 is 1.95 bits per heavy atom. The number of aromatic carboxylic acids is 1. The Morgan fingerprint density at radius 1 is 1.14 bits per heavy atom. The molecule has 4 nitrogen and oxygen atoms in total. The van der Waals surface area contributed by atoms with Crippen LogP contribution in [-0.4, -0.2) is 17.2 Å². The third-order valence-corrected chi connectivity index (χ3v) is 4.00. The minimum absolute atomic E-state index is 0.133. The maximum absolute atomic E-state index is 11.4. The number of hydrogen-bond acceptors (Lipinski definition) is 5. The Kier molecular flexibility index (Phi) is 3.98. The Balaban J connectivity index is 2.05. The third-order valence-electron chi connectivity index (χ3n) is 3.28. The molecule has 1 heterocycles. The van der Waals surface area contributed by atoms with Gasteiger partial charge in [-0.2, -0.15) is 0 Å². The second-order valence-corrected chi connectivity index (χ2v) is 5.60. The van der Waals surface area contributed by atoms with Gasteiger partial charge in [0.2, 0.25) is 0 Å². The molecule has 2 aromatic carbocycles. The lowest BCUT2D eigenvalue weighted by atomic mass is 10.1. The average Bonchev–Trinajstić information content (AvgIpc) is 2.54. The number of pyridine rings is 1. The number of anilines is 2. The van der Waals surface area contributed by atoms with E-state index in [0.717, 1.165) is 10.6 Å². The summed E-state index contributed by atoms with van der Waals surface area (Å²) in [6.07, 6.45) is 2.00. The lowest BCUT2D eigenvalue weighted by Gasteiger charge is -2.12. The number of carbonyl (C=O) groups excluding carboxylic acids is 1. The van der Waals surface area contributed by atoms with Crippen molar-refractivity contribution in [1.82, 2.24) is 4.98 Å². The fraction of sp³-hybridized carbons (Fsp3) is 0.0588. The molecule has 0 aliphatic heterocycles. The molecule has 5 heteroatoms. The molecular weight excluding hydrogens is 296 g/mol. The Morgan fingerprint density at radius 3 is 2.73 bits per heavy atom. The van der Waals surface area contributed by atoms with Gasteiger partial charge in [-0.15, -0.1) is 11.8 Å². The molecule has 0 spiro atoms. The van der Waals surface area contributed by atoms with E-state index in [1.165, 1.54) is 6.07 Å². The number of carboxylic acid groups (broad SMARTS) is 1. The highest BCUT2D eigenvalue weighted by Crippen LogP contribution is 2.25. The zero-order valence-corrected chi connectivity index (χ0v) is 12.7. The number of carbonyl (C=O) groups is 1. The predicted molar refractivity (Wildman–Crippen MR) is 87.6 cm³/mol. The highest BCUT2D eigenvalue weighted by molar-refractivity contribution is 7.98. The molecule has 0 saturated heterocycles. The zero-order chi connectivity index (χ0) is 15.5. The molecule has 22 heavy (non-hydrogen) atoms. The number of carboxylic acids is 1. The summed E-state index contributed by atoms with van der Waals surface area (Å²) < 4.78 is 0.